The maximum Gasteiger partial charge on any atom is 0.302 e. The molecule has 7 nitrogen and oxygen atoms in total. The van der Waals surface area contributed by atoms with Crippen LogP contribution in [0.2, 0.25) is 0 Å². The molecule has 30 heavy (non-hydrogen) atoms. The highest BCUT2D eigenvalue weighted by molar-refractivity contribution is 6.50. The van der Waals surface area contributed by atoms with Gasteiger partial charge in [0.15, 0.2) is 0 Å². The number of aliphatic hydroxyl groups excluding tert-OH is 2. The summed E-state index contributed by atoms with van der Waals surface area (Å²) in [5.41, 5.74) is -0.644. The van der Waals surface area contributed by atoms with Crippen LogP contribution < -0.4 is 0 Å². The predicted molar refractivity (Wildman–Crippen MR) is 109 cm³/mol. The smallest absolute Gasteiger partial charge is 0.302 e. The molecule has 0 amide bonds. The van der Waals surface area contributed by atoms with Gasteiger partial charge in [0.05, 0.1) is 18.3 Å². The minimum atomic E-state index is -0.942. The molecule has 5 atom stereocenters. The average Bonchev–Trinajstić information content (AvgIpc) is 2.63. The van der Waals surface area contributed by atoms with Crippen molar-refractivity contribution in [2.24, 2.45) is 22.7 Å². The summed E-state index contributed by atoms with van der Waals surface area (Å²) in [7, 11) is 1.42. The second-order valence-electron chi connectivity index (χ2n) is 9.80. The van der Waals surface area contributed by atoms with Gasteiger partial charge in [-0.2, -0.15) is 0 Å². The Balaban J connectivity index is 2.22. The lowest BCUT2D eigenvalue weighted by Crippen LogP contribution is -2.60. The summed E-state index contributed by atoms with van der Waals surface area (Å²) in [5, 5.41) is 22.5. The molecular formula is C23H32O7. The lowest BCUT2D eigenvalue weighted by atomic mass is 9.47. The molecule has 166 valence electrons. The molecule has 0 saturated heterocycles. The van der Waals surface area contributed by atoms with E-state index in [1.54, 1.807) is 6.92 Å². The predicted octanol–water partition coefficient (Wildman–Crippen LogP) is 2.67. The minimum Gasteiger partial charge on any atom is -0.507 e. The van der Waals surface area contributed by atoms with E-state index in [2.05, 4.69) is 13.8 Å². The second kappa shape index (κ2) is 7.61. The Labute approximate surface area is 177 Å². The Hall–Kier alpha value is -1.99. The number of aliphatic hydroxyl groups is 2. The van der Waals surface area contributed by atoms with Gasteiger partial charge in [0.2, 0.25) is 11.6 Å². The zero-order valence-electron chi connectivity index (χ0n) is 18.6. The van der Waals surface area contributed by atoms with Crippen LogP contribution in [0.15, 0.2) is 22.5 Å². The van der Waals surface area contributed by atoms with E-state index >= 15 is 0 Å². The van der Waals surface area contributed by atoms with Gasteiger partial charge in [0.1, 0.15) is 11.9 Å². The molecule has 3 rings (SSSR count). The van der Waals surface area contributed by atoms with Gasteiger partial charge in [0, 0.05) is 42.4 Å². The first-order valence-electron chi connectivity index (χ1n) is 10.5. The molecule has 0 radical (unpaired) electrons. The third kappa shape index (κ3) is 3.23. The van der Waals surface area contributed by atoms with Crippen molar-refractivity contribution in [2.75, 3.05) is 13.7 Å². The van der Waals surface area contributed by atoms with Gasteiger partial charge in [-0.15, -0.1) is 0 Å². The molecule has 0 aromatic carbocycles. The van der Waals surface area contributed by atoms with Gasteiger partial charge < -0.3 is 19.7 Å². The molecule has 3 aliphatic rings. The quantitative estimate of drug-likeness (QED) is 0.409. The van der Waals surface area contributed by atoms with Crippen LogP contribution in [-0.4, -0.2) is 53.7 Å². The highest BCUT2D eigenvalue weighted by atomic mass is 16.5. The van der Waals surface area contributed by atoms with Crippen molar-refractivity contribution in [3.63, 3.8) is 0 Å². The van der Waals surface area contributed by atoms with E-state index < -0.39 is 41.1 Å². The van der Waals surface area contributed by atoms with Crippen molar-refractivity contribution in [1.29, 1.82) is 0 Å². The Morgan fingerprint density at radius 3 is 2.40 bits per heavy atom. The molecule has 0 aliphatic heterocycles. The Kier molecular flexibility index (Phi) is 5.75. The van der Waals surface area contributed by atoms with Crippen LogP contribution >= 0.6 is 0 Å². The fourth-order valence-electron chi connectivity index (χ4n) is 6.16. The van der Waals surface area contributed by atoms with Gasteiger partial charge in [-0.1, -0.05) is 34.1 Å². The zero-order valence-corrected chi connectivity index (χ0v) is 18.6. The highest BCUT2D eigenvalue weighted by Crippen LogP contribution is 2.61. The molecule has 0 bridgehead atoms. The van der Waals surface area contributed by atoms with E-state index in [0.29, 0.717) is 6.42 Å². The van der Waals surface area contributed by atoms with Gasteiger partial charge in [-0.05, 0) is 18.3 Å². The topological polar surface area (TPSA) is 110 Å². The Morgan fingerprint density at radius 2 is 1.83 bits per heavy atom. The second-order valence-corrected chi connectivity index (χ2v) is 9.80. The molecule has 0 unspecified atom stereocenters. The molecule has 0 aromatic heterocycles. The Bertz CT molecular complexity index is 850. The van der Waals surface area contributed by atoms with E-state index in [4.69, 9.17) is 9.47 Å². The zero-order chi connectivity index (χ0) is 22.6. The average molecular weight is 421 g/mol. The number of carbonyl (C=O) groups is 3. The van der Waals surface area contributed by atoms with Crippen LogP contribution in [0.3, 0.4) is 0 Å². The van der Waals surface area contributed by atoms with Crippen LogP contribution in [0, 0.1) is 22.7 Å². The maximum atomic E-state index is 13.4. The molecule has 0 spiro atoms. The van der Waals surface area contributed by atoms with Gasteiger partial charge >= 0.3 is 5.97 Å². The maximum absolute atomic E-state index is 13.4. The van der Waals surface area contributed by atoms with E-state index in [9.17, 15) is 24.6 Å². The van der Waals surface area contributed by atoms with E-state index in [1.807, 2.05) is 6.92 Å². The number of esters is 1. The van der Waals surface area contributed by atoms with Crippen LogP contribution in [0.4, 0.5) is 0 Å². The number of rotatable bonds is 4. The summed E-state index contributed by atoms with van der Waals surface area (Å²) in [6.45, 7) is 8.76. The molecule has 0 aromatic rings. The number of carbonyl (C=O) groups excluding carboxylic acids is 3. The molecule has 3 aliphatic carbocycles. The number of methoxy groups -OCH3 is 1. The number of allylic oxidation sites excluding steroid dienone is 1. The molecule has 2 N–H and O–H groups in total. The normalized spacial score (nSPS) is 34.4. The minimum absolute atomic E-state index is 0.0913. The number of ether oxygens (including phenoxy) is 2. The number of hydrogen-bond donors (Lipinski definition) is 2. The van der Waals surface area contributed by atoms with E-state index in [0.717, 1.165) is 12.8 Å². The molecule has 1 saturated carbocycles. The first kappa shape index (κ1) is 22.7. The number of hydrogen-bond acceptors (Lipinski definition) is 7. The number of Topliss-reactive ketones (excluding diaryl/α,β-unsaturated/α-hetero) is 2. The lowest BCUT2D eigenvalue weighted by molar-refractivity contribution is -0.144. The third-order valence-electron chi connectivity index (χ3n) is 7.29. The van der Waals surface area contributed by atoms with Crippen LogP contribution in [0.1, 0.15) is 53.9 Å². The van der Waals surface area contributed by atoms with Crippen molar-refractivity contribution in [3.05, 3.63) is 22.5 Å². The molecule has 7 heteroatoms. The van der Waals surface area contributed by atoms with Crippen LogP contribution in [0.5, 0.6) is 0 Å². The molecular weight excluding hydrogens is 388 g/mol. The van der Waals surface area contributed by atoms with Gasteiger partial charge in [-0.3, -0.25) is 14.4 Å². The van der Waals surface area contributed by atoms with E-state index in [-0.39, 0.29) is 40.4 Å². The fourth-order valence-corrected chi connectivity index (χ4v) is 6.16. The summed E-state index contributed by atoms with van der Waals surface area (Å²) in [6.07, 6.45) is 0.504. The van der Waals surface area contributed by atoms with Crippen LogP contribution in [-0.2, 0) is 23.9 Å². The third-order valence-corrected chi connectivity index (χ3v) is 7.29. The fraction of sp³-hybridized carbons (Fsp3) is 0.696. The number of ketones is 2. The first-order valence-corrected chi connectivity index (χ1v) is 10.5. The monoisotopic (exact) mass is 420 g/mol. The summed E-state index contributed by atoms with van der Waals surface area (Å²) < 4.78 is 10.6. The summed E-state index contributed by atoms with van der Waals surface area (Å²) in [4.78, 5) is 37.7. The SMILES string of the molecule is CO[C@H]1C2=C(C(=O)C(=O)C([C@H](C)COC(C)=O)=C2O)[C@@]2(C)CCCC(C)(C)[C@H]2[C@@H]1O. The van der Waals surface area contributed by atoms with Gasteiger partial charge in [-0.25, -0.2) is 0 Å². The molecule has 0 heterocycles. The summed E-state index contributed by atoms with van der Waals surface area (Å²) in [5.74, 6) is -3.26. The van der Waals surface area contributed by atoms with Crippen LogP contribution in [0.25, 0.3) is 0 Å². The van der Waals surface area contributed by atoms with Crippen molar-refractivity contribution in [2.45, 2.75) is 66.1 Å². The highest BCUT2D eigenvalue weighted by Gasteiger charge is 2.61. The summed E-state index contributed by atoms with van der Waals surface area (Å²) >= 11 is 0. The van der Waals surface area contributed by atoms with Crippen molar-refractivity contribution in [3.8, 4) is 0 Å². The van der Waals surface area contributed by atoms with Crippen molar-refractivity contribution < 1.29 is 34.1 Å². The lowest BCUT2D eigenvalue weighted by Gasteiger charge is -2.58. The standard InChI is InChI=1S/C23H32O7/c1-11(10-30-12(2)24)13-16(25)14-15(18(27)17(13)26)23(5)9-7-8-22(3,4)21(23)19(28)20(14)29-6/h11,19-21,25,28H,7-10H2,1-6H3/t11-,19-,20+,21-,23-/m1/s1. The van der Waals surface area contributed by atoms with E-state index in [1.165, 1.54) is 14.0 Å². The van der Waals surface area contributed by atoms with Crippen molar-refractivity contribution >= 4 is 17.5 Å². The van der Waals surface area contributed by atoms with Crippen molar-refractivity contribution in [1.82, 2.24) is 0 Å². The first-order chi connectivity index (χ1) is 13.9. The largest absolute Gasteiger partial charge is 0.507 e. The Morgan fingerprint density at radius 1 is 1.20 bits per heavy atom. The number of fused-ring (bicyclic) bond motifs is 2. The summed E-state index contributed by atoms with van der Waals surface area (Å²) in [6, 6.07) is 0. The molecule has 1 fully saturated rings. The van der Waals surface area contributed by atoms with Gasteiger partial charge in [0.25, 0.3) is 0 Å².